The number of benzene rings is 2. The smallest absolute Gasteiger partial charge is 0.255 e. The lowest BCUT2D eigenvalue weighted by Crippen LogP contribution is -2.11. The van der Waals surface area contributed by atoms with E-state index in [1.807, 2.05) is 35.7 Å². The number of rotatable bonds is 3. The summed E-state index contributed by atoms with van der Waals surface area (Å²) in [5.74, 6) is 1.20. The van der Waals surface area contributed by atoms with Gasteiger partial charge in [-0.15, -0.1) is 11.3 Å². The summed E-state index contributed by atoms with van der Waals surface area (Å²) < 4.78 is 10.6. The Hall–Kier alpha value is -2.79. The molecule has 0 unspecified atom stereocenters. The number of carbonyl (C=O) groups is 1. The van der Waals surface area contributed by atoms with Crippen molar-refractivity contribution in [1.29, 1.82) is 0 Å². The van der Waals surface area contributed by atoms with Gasteiger partial charge in [0.25, 0.3) is 5.91 Å². The molecule has 0 saturated carbocycles. The molecule has 114 valence electrons. The Morgan fingerprint density at radius 2 is 1.83 bits per heavy atom. The number of nitrogens with one attached hydrogen (secondary N) is 1. The first-order chi connectivity index (χ1) is 11.3. The van der Waals surface area contributed by atoms with Crippen LogP contribution in [-0.2, 0) is 0 Å². The second-order valence-electron chi connectivity index (χ2n) is 5.08. The van der Waals surface area contributed by atoms with E-state index in [0.29, 0.717) is 22.7 Å². The zero-order valence-corrected chi connectivity index (χ0v) is 12.9. The second-order valence-corrected chi connectivity index (χ2v) is 6.02. The molecule has 0 fully saturated rings. The zero-order chi connectivity index (χ0) is 15.6. The highest BCUT2D eigenvalue weighted by molar-refractivity contribution is 7.13. The SMILES string of the molecule is O=C(Nc1ccc2c(c1)OCO2)c1ccc(-c2cccs2)cc1. The summed E-state index contributed by atoms with van der Waals surface area (Å²) >= 11 is 1.68. The van der Waals surface area contributed by atoms with Gasteiger partial charge < -0.3 is 14.8 Å². The maximum atomic E-state index is 12.3. The summed E-state index contributed by atoms with van der Waals surface area (Å²) in [5, 5.41) is 4.91. The van der Waals surface area contributed by atoms with Crippen LogP contribution in [0.3, 0.4) is 0 Å². The van der Waals surface area contributed by atoms with Gasteiger partial charge in [-0.25, -0.2) is 0 Å². The molecule has 1 aliphatic rings. The molecule has 2 aromatic carbocycles. The first-order valence-corrected chi connectivity index (χ1v) is 8.02. The minimum Gasteiger partial charge on any atom is -0.454 e. The highest BCUT2D eigenvalue weighted by atomic mass is 32.1. The molecule has 3 aromatic rings. The van der Waals surface area contributed by atoms with Crippen molar-refractivity contribution >= 4 is 22.9 Å². The maximum Gasteiger partial charge on any atom is 0.255 e. The minimum absolute atomic E-state index is 0.151. The minimum atomic E-state index is -0.151. The van der Waals surface area contributed by atoms with E-state index in [4.69, 9.17) is 9.47 Å². The molecule has 4 rings (SSSR count). The highest BCUT2D eigenvalue weighted by Gasteiger charge is 2.14. The van der Waals surface area contributed by atoms with Gasteiger partial charge in [0.1, 0.15) is 0 Å². The first kappa shape index (κ1) is 13.8. The Kier molecular flexibility index (Phi) is 3.48. The van der Waals surface area contributed by atoms with Crippen molar-refractivity contribution in [3.05, 3.63) is 65.5 Å². The van der Waals surface area contributed by atoms with Gasteiger partial charge in [-0.1, -0.05) is 18.2 Å². The van der Waals surface area contributed by atoms with Crippen molar-refractivity contribution in [3.8, 4) is 21.9 Å². The van der Waals surface area contributed by atoms with Crippen LogP contribution in [0.25, 0.3) is 10.4 Å². The number of fused-ring (bicyclic) bond motifs is 1. The number of ether oxygens (including phenoxy) is 2. The molecular formula is C18H13NO3S. The van der Waals surface area contributed by atoms with E-state index < -0.39 is 0 Å². The van der Waals surface area contributed by atoms with Crippen molar-refractivity contribution in [1.82, 2.24) is 0 Å². The van der Waals surface area contributed by atoms with Crippen LogP contribution in [0.4, 0.5) is 5.69 Å². The maximum absolute atomic E-state index is 12.3. The summed E-state index contributed by atoms with van der Waals surface area (Å²) in [7, 11) is 0. The molecule has 1 aliphatic heterocycles. The van der Waals surface area contributed by atoms with Crippen LogP contribution in [0.2, 0.25) is 0 Å². The standard InChI is InChI=1S/C18H13NO3S/c20-18(19-14-7-8-15-16(10-14)22-11-21-15)13-5-3-12(4-6-13)17-2-1-9-23-17/h1-10H,11H2,(H,19,20). The Labute approximate surface area is 137 Å². The largest absolute Gasteiger partial charge is 0.454 e. The van der Waals surface area contributed by atoms with E-state index in [-0.39, 0.29) is 12.7 Å². The average Bonchev–Trinajstić information content (AvgIpc) is 3.26. The fourth-order valence-electron chi connectivity index (χ4n) is 2.41. The van der Waals surface area contributed by atoms with Crippen LogP contribution in [0, 0.1) is 0 Å². The van der Waals surface area contributed by atoms with Gasteiger partial charge in [0.2, 0.25) is 6.79 Å². The summed E-state index contributed by atoms with van der Waals surface area (Å²) in [6.45, 7) is 0.219. The molecule has 1 amide bonds. The topological polar surface area (TPSA) is 47.6 Å². The molecule has 0 saturated heterocycles. The predicted octanol–water partition coefficient (Wildman–Crippen LogP) is 4.40. The van der Waals surface area contributed by atoms with Crippen LogP contribution in [0.5, 0.6) is 11.5 Å². The Morgan fingerprint density at radius 3 is 2.61 bits per heavy atom. The Balaban J connectivity index is 1.51. The van der Waals surface area contributed by atoms with E-state index >= 15 is 0 Å². The molecule has 2 heterocycles. The van der Waals surface area contributed by atoms with E-state index in [1.54, 1.807) is 29.5 Å². The number of carbonyl (C=O) groups excluding carboxylic acids is 1. The van der Waals surface area contributed by atoms with Crippen molar-refractivity contribution in [2.75, 3.05) is 12.1 Å². The van der Waals surface area contributed by atoms with Gasteiger partial charge in [0, 0.05) is 22.2 Å². The molecule has 0 spiro atoms. The molecule has 4 nitrogen and oxygen atoms in total. The summed E-state index contributed by atoms with van der Waals surface area (Å²) in [5.41, 5.74) is 2.41. The molecular weight excluding hydrogens is 310 g/mol. The van der Waals surface area contributed by atoms with Crippen LogP contribution in [0.15, 0.2) is 60.0 Å². The van der Waals surface area contributed by atoms with Gasteiger partial charge in [-0.3, -0.25) is 4.79 Å². The summed E-state index contributed by atoms with van der Waals surface area (Å²) in [4.78, 5) is 13.5. The van der Waals surface area contributed by atoms with Crippen LogP contribution in [-0.4, -0.2) is 12.7 Å². The quantitative estimate of drug-likeness (QED) is 0.777. The van der Waals surface area contributed by atoms with Crippen LogP contribution < -0.4 is 14.8 Å². The number of amides is 1. The van der Waals surface area contributed by atoms with E-state index in [9.17, 15) is 4.79 Å². The summed E-state index contributed by atoms with van der Waals surface area (Å²) in [6.07, 6.45) is 0. The van der Waals surface area contributed by atoms with E-state index in [1.165, 1.54) is 4.88 Å². The van der Waals surface area contributed by atoms with Gasteiger partial charge in [-0.05, 0) is 41.3 Å². The molecule has 0 bridgehead atoms. The monoisotopic (exact) mass is 323 g/mol. The normalized spacial score (nSPS) is 12.2. The van der Waals surface area contributed by atoms with Gasteiger partial charge in [0.15, 0.2) is 11.5 Å². The fraction of sp³-hybridized carbons (Fsp3) is 0.0556. The van der Waals surface area contributed by atoms with Crippen molar-refractivity contribution in [2.45, 2.75) is 0 Å². The number of anilines is 1. The third-order valence-electron chi connectivity index (χ3n) is 3.58. The third kappa shape index (κ3) is 2.78. The van der Waals surface area contributed by atoms with Crippen molar-refractivity contribution < 1.29 is 14.3 Å². The lowest BCUT2D eigenvalue weighted by Gasteiger charge is -2.07. The van der Waals surface area contributed by atoms with E-state index in [2.05, 4.69) is 11.4 Å². The fourth-order valence-corrected chi connectivity index (χ4v) is 3.14. The predicted molar refractivity (Wildman–Crippen MR) is 90.3 cm³/mol. The number of hydrogen-bond donors (Lipinski definition) is 1. The number of hydrogen-bond acceptors (Lipinski definition) is 4. The molecule has 1 aromatic heterocycles. The average molecular weight is 323 g/mol. The zero-order valence-electron chi connectivity index (χ0n) is 12.1. The second kappa shape index (κ2) is 5.78. The van der Waals surface area contributed by atoms with Crippen molar-refractivity contribution in [2.24, 2.45) is 0 Å². The van der Waals surface area contributed by atoms with Crippen LogP contribution >= 0.6 is 11.3 Å². The summed E-state index contributed by atoms with van der Waals surface area (Å²) in [6, 6.07) is 17.0. The lowest BCUT2D eigenvalue weighted by molar-refractivity contribution is 0.102. The Bertz CT molecular complexity index is 841. The molecule has 0 atom stereocenters. The first-order valence-electron chi connectivity index (χ1n) is 7.14. The van der Waals surface area contributed by atoms with Gasteiger partial charge in [-0.2, -0.15) is 0 Å². The molecule has 0 radical (unpaired) electrons. The number of thiophene rings is 1. The van der Waals surface area contributed by atoms with Crippen LogP contribution in [0.1, 0.15) is 10.4 Å². The van der Waals surface area contributed by atoms with Gasteiger partial charge >= 0.3 is 0 Å². The third-order valence-corrected chi connectivity index (χ3v) is 4.50. The van der Waals surface area contributed by atoms with E-state index in [0.717, 1.165) is 5.56 Å². The Morgan fingerprint density at radius 1 is 1.00 bits per heavy atom. The van der Waals surface area contributed by atoms with Gasteiger partial charge in [0.05, 0.1) is 0 Å². The molecule has 1 N–H and O–H groups in total. The lowest BCUT2D eigenvalue weighted by atomic mass is 10.1. The highest BCUT2D eigenvalue weighted by Crippen LogP contribution is 2.34. The molecule has 23 heavy (non-hydrogen) atoms. The van der Waals surface area contributed by atoms with Crippen molar-refractivity contribution in [3.63, 3.8) is 0 Å². The molecule has 5 heteroatoms. The molecule has 0 aliphatic carbocycles.